The molecule has 0 saturated heterocycles. The van der Waals surface area contributed by atoms with Crippen molar-refractivity contribution < 1.29 is 13.9 Å². The smallest absolute Gasteiger partial charge is 0.171 e. The molecular weight excluding hydrogens is 266 g/mol. The molecule has 0 atom stereocenters. The van der Waals surface area contributed by atoms with Crippen LogP contribution in [-0.2, 0) is 5.41 Å². The van der Waals surface area contributed by atoms with Crippen molar-refractivity contribution in [1.82, 2.24) is 0 Å². The van der Waals surface area contributed by atoms with Crippen LogP contribution in [-0.4, -0.2) is 10.2 Å². The number of hydrogen-bond acceptors (Lipinski definition) is 1. The Bertz CT molecular complexity index is 545. The summed E-state index contributed by atoms with van der Waals surface area (Å²) in [7, 11) is 0. The number of thiocarbonyl (C=S) groups is 1. The third-order valence-electron chi connectivity index (χ3n) is 3.27. The zero-order valence-corrected chi connectivity index (χ0v) is 11.0. The number of aliphatic hydroxyl groups excluding tert-OH is 1. The molecule has 4 heteroatoms. The van der Waals surface area contributed by atoms with E-state index in [1.165, 1.54) is 24.3 Å². The van der Waals surface area contributed by atoms with Gasteiger partial charge in [-0.2, -0.15) is 0 Å². The summed E-state index contributed by atoms with van der Waals surface area (Å²) in [5.41, 5.74) is 0.317. The molecule has 0 heterocycles. The van der Waals surface area contributed by atoms with Gasteiger partial charge in [0.25, 0.3) is 0 Å². The van der Waals surface area contributed by atoms with Gasteiger partial charge < -0.3 is 5.11 Å². The minimum atomic E-state index is -0.975. The van der Waals surface area contributed by atoms with Gasteiger partial charge in [0.2, 0.25) is 0 Å². The van der Waals surface area contributed by atoms with Gasteiger partial charge in [0.15, 0.2) is 5.05 Å². The van der Waals surface area contributed by atoms with Crippen molar-refractivity contribution in [3.63, 3.8) is 0 Å². The number of hydrogen-bond donors (Lipinski definition) is 1. The molecule has 2 aromatic rings. The summed E-state index contributed by atoms with van der Waals surface area (Å²) in [6.07, 6.45) is 0. The standard InChI is InChI=1S/C15H12F2OS/c1-15(14(18)19,10-2-6-12(16)7-3-10)11-4-8-13(17)9-5-11/h2-9H,1H3,(H,18,19). The van der Waals surface area contributed by atoms with Crippen LogP contribution in [0.2, 0.25) is 0 Å². The predicted molar refractivity (Wildman–Crippen MR) is 74.5 cm³/mol. The molecule has 0 saturated carbocycles. The molecule has 0 bridgehead atoms. The van der Waals surface area contributed by atoms with E-state index in [0.717, 1.165) is 0 Å². The second-order valence-electron chi connectivity index (χ2n) is 4.44. The summed E-state index contributed by atoms with van der Waals surface area (Å²) < 4.78 is 26.0. The second kappa shape index (κ2) is 5.05. The molecule has 0 aromatic heterocycles. The lowest BCUT2D eigenvalue weighted by Gasteiger charge is -2.28. The first-order valence-corrected chi connectivity index (χ1v) is 6.11. The van der Waals surface area contributed by atoms with E-state index < -0.39 is 5.41 Å². The van der Waals surface area contributed by atoms with Crippen LogP contribution in [0, 0.1) is 11.6 Å². The molecule has 2 aromatic carbocycles. The molecule has 0 amide bonds. The van der Waals surface area contributed by atoms with Crippen molar-refractivity contribution in [1.29, 1.82) is 0 Å². The fraction of sp³-hybridized carbons (Fsp3) is 0.133. The molecule has 1 nitrogen and oxygen atoms in total. The minimum Gasteiger partial charge on any atom is -0.501 e. The first kappa shape index (κ1) is 13.6. The van der Waals surface area contributed by atoms with Gasteiger partial charge in [0.05, 0.1) is 5.41 Å². The second-order valence-corrected chi connectivity index (χ2v) is 4.83. The molecule has 2 rings (SSSR count). The lowest BCUT2D eigenvalue weighted by atomic mass is 9.77. The highest BCUT2D eigenvalue weighted by atomic mass is 32.1. The first-order valence-electron chi connectivity index (χ1n) is 5.70. The summed E-state index contributed by atoms with van der Waals surface area (Å²) in [5, 5.41) is 9.62. The number of halogens is 2. The fourth-order valence-corrected chi connectivity index (χ4v) is 2.22. The molecule has 0 aliphatic carbocycles. The molecule has 0 aliphatic rings. The van der Waals surface area contributed by atoms with E-state index in [4.69, 9.17) is 12.2 Å². The number of aliphatic hydroxyl groups is 1. The van der Waals surface area contributed by atoms with Gasteiger partial charge in [-0.25, -0.2) is 8.78 Å². The van der Waals surface area contributed by atoms with E-state index in [1.807, 2.05) is 0 Å². The van der Waals surface area contributed by atoms with Crippen LogP contribution in [0.15, 0.2) is 48.5 Å². The molecule has 98 valence electrons. The molecule has 0 aliphatic heterocycles. The third-order valence-corrected chi connectivity index (χ3v) is 3.68. The zero-order valence-electron chi connectivity index (χ0n) is 10.2. The lowest BCUT2D eigenvalue weighted by Crippen LogP contribution is -2.32. The van der Waals surface area contributed by atoms with Crippen molar-refractivity contribution in [3.05, 3.63) is 71.3 Å². The topological polar surface area (TPSA) is 20.2 Å². The Morgan fingerprint density at radius 1 is 0.895 bits per heavy atom. The minimum absolute atomic E-state index is 0.245. The van der Waals surface area contributed by atoms with Crippen LogP contribution in [0.5, 0.6) is 0 Å². The van der Waals surface area contributed by atoms with Gasteiger partial charge in [-0.3, -0.25) is 0 Å². The maximum atomic E-state index is 13.0. The highest BCUT2D eigenvalue weighted by Gasteiger charge is 2.33. The summed E-state index contributed by atoms with van der Waals surface area (Å²) in [6, 6.07) is 11.4. The summed E-state index contributed by atoms with van der Waals surface area (Å²) >= 11 is 4.93. The van der Waals surface area contributed by atoms with Gasteiger partial charge in [-0.1, -0.05) is 24.3 Å². The molecule has 1 N–H and O–H groups in total. The Labute approximate surface area is 115 Å². The maximum Gasteiger partial charge on any atom is 0.171 e. The SMILES string of the molecule is CC(C(O)=S)(c1ccc(F)cc1)c1ccc(F)cc1. The van der Waals surface area contributed by atoms with Crippen molar-refractivity contribution in [2.45, 2.75) is 12.3 Å². The van der Waals surface area contributed by atoms with Crippen molar-refractivity contribution in [2.24, 2.45) is 0 Å². The summed E-state index contributed by atoms with van der Waals surface area (Å²) in [4.78, 5) is 0. The van der Waals surface area contributed by atoms with Gasteiger partial charge in [-0.05, 0) is 54.5 Å². The van der Waals surface area contributed by atoms with Crippen LogP contribution >= 0.6 is 12.2 Å². The van der Waals surface area contributed by atoms with Crippen LogP contribution in [0.1, 0.15) is 18.1 Å². The van der Waals surface area contributed by atoms with Gasteiger partial charge >= 0.3 is 0 Å². The average molecular weight is 278 g/mol. The van der Waals surface area contributed by atoms with Crippen molar-refractivity contribution in [2.75, 3.05) is 0 Å². The van der Waals surface area contributed by atoms with E-state index in [2.05, 4.69) is 0 Å². The fourth-order valence-electron chi connectivity index (χ4n) is 1.98. The molecule has 0 unspecified atom stereocenters. The van der Waals surface area contributed by atoms with E-state index in [0.29, 0.717) is 11.1 Å². The van der Waals surface area contributed by atoms with Gasteiger partial charge in [0.1, 0.15) is 11.6 Å². The maximum absolute atomic E-state index is 13.0. The average Bonchev–Trinajstić information content (AvgIpc) is 2.39. The molecule has 0 fully saturated rings. The van der Waals surface area contributed by atoms with Crippen molar-refractivity contribution >= 4 is 17.3 Å². The van der Waals surface area contributed by atoms with Gasteiger partial charge in [-0.15, -0.1) is 0 Å². The first-order chi connectivity index (χ1) is 8.94. The van der Waals surface area contributed by atoms with E-state index >= 15 is 0 Å². The monoisotopic (exact) mass is 278 g/mol. The Kier molecular flexibility index (Phi) is 3.62. The van der Waals surface area contributed by atoms with Crippen LogP contribution in [0.3, 0.4) is 0 Å². The Morgan fingerprint density at radius 3 is 1.47 bits per heavy atom. The number of benzene rings is 2. The summed E-state index contributed by atoms with van der Waals surface area (Å²) in [5.74, 6) is -0.733. The normalized spacial score (nSPS) is 11.3. The van der Waals surface area contributed by atoms with E-state index in [9.17, 15) is 13.9 Å². The highest BCUT2D eigenvalue weighted by molar-refractivity contribution is 7.80. The molecule has 0 spiro atoms. The van der Waals surface area contributed by atoms with Crippen LogP contribution in [0.25, 0.3) is 0 Å². The number of rotatable bonds is 3. The molecule has 0 radical (unpaired) electrons. The molecule has 19 heavy (non-hydrogen) atoms. The van der Waals surface area contributed by atoms with Crippen LogP contribution in [0.4, 0.5) is 8.78 Å². The largest absolute Gasteiger partial charge is 0.501 e. The van der Waals surface area contributed by atoms with Gasteiger partial charge in [0, 0.05) is 0 Å². The summed E-state index contributed by atoms with van der Waals surface area (Å²) in [6.45, 7) is 1.72. The van der Waals surface area contributed by atoms with Crippen molar-refractivity contribution in [3.8, 4) is 0 Å². The predicted octanol–water partition coefficient (Wildman–Crippen LogP) is 4.16. The zero-order chi connectivity index (χ0) is 14.0. The third kappa shape index (κ3) is 2.49. The quantitative estimate of drug-likeness (QED) is 0.851. The van der Waals surface area contributed by atoms with E-state index in [-0.39, 0.29) is 16.7 Å². The highest BCUT2D eigenvalue weighted by Crippen LogP contribution is 2.33. The van der Waals surface area contributed by atoms with Crippen LogP contribution < -0.4 is 0 Å². The Morgan fingerprint density at radius 2 is 1.21 bits per heavy atom. The Hall–Kier alpha value is -1.81. The van der Waals surface area contributed by atoms with E-state index in [1.54, 1.807) is 31.2 Å². The Balaban J connectivity index is 2.57. The lowest BCUT2D eigenvalue weighted by molar-refractivity contribution is 0.503. The molecular formula is C15H12F2OS.